The van der Waals surface area contributed by atoms with Gasteiger partial charge in [-0.15, -0.1) is 0 Å². The van der Waals surface area contributed by atoms with E-state index < -0.39 is 5.82 Å². The summed E-state index contributed by atoms with van der Waals surface area (Å²) in [5.74, 6) is -0.770. The molecule has 1 amide bonds. The SMILES string of the molecule is N#Cc1c(F)cccc1NC[C@@H]1C[C@H](C(=O)NCC2(CCO)CC2)CO1. The number of halogens is 1. The van der Waals surface area contributed by atoms with Gasteiger partial charge in [0, 0.05) is 19.7 Å². The molecule has 26 heavy (non-hydrogen) atoms. The lowest BCUT2D eigenvalue weighted by Crippen LogP contribution is -2.35. The molecular formula is C19H24FN3O3. The predicted octanol–water partition coefficient (Wildman–Crippen LogP) is 1.79. The van der Waals surface area contributed by atoms with E-state index in [1.165, 1.54) is 6.07 Å². The van der Waals surface area contributed by atoms with Crippen molar-refractivity contribution in [2.75, 3.05) is 31.6 Å². The summed E-state index contributed by atoms with van der Waals surface area (Å²) < 4.78 is 19.3. The number of aliphatic hydroxyl groups excluding tert-OH is 1. The smallest absolute Gasteiger partial charge is 0.225 e. The Bertz CT molecular complexity index is 700. The molecule has 0 unspecified atom stereocenters. The summed E-state index contributed by atoms with van der Waals surface area (Å²) in [4.78, 5) is 12.3. The third-order valence-corrected chi connectivity index (χ3v) is 5.33. The lowest BCUT2D eigenvalue weighted by Gasteiger charge is -2.16. The van der Waals surface area contributed by atoms with Crippen LogP contribution in [0.5, 0.6) is 0 Å². The van der Waals surface area contributed by atoms with Crippen molar-refractivity contribution < 1.29 is 19.0 Å². The highest BCUT2D eigenvalue weighted by Gasteiger charge is 2.42. The van der Waals surface area contributed by atoms with Gasteiger partial charge in [-0.05, 0) is 43.2 Å². The van der Waals surface area contributed by atoms with Gasteiger partial charge in [-0.25, -0.2) is 4.39 Å². The summed E-state index contributed by atoms with van der Waals surface area (Å²) in [6, 6.07) is 6.30. The summed E-state index contributed by atoms with van der Waals surface area (Å²) >= 11 is 0. The molecular weight excluding hydrogens is 337 g/mol. The Morgan fingerprint density at radius 1 is 1.46 bits per heavy atom. The number of hydrogen-bond acceptors (Lipinski definition) is 5. The number of carbonyl (C=O) groups is 1. The van der Waals surface area contributed by atoms with E-state index in [0.29, 0.717) is 31.8 Å². The van der Waals surface area contributed by atoms with Crippen LogP contribution in [0.15, 0.2) is 18.2 Å². The standard InChI is InChI=1S/C19H24FN3O3/c20-16-2-1-3-17(15(16)9-21)22-10-14-8-13(11-26-14)18(25)23-12-19(4-5-19)6-7-24/h1-3,13-14,22,24H,4-8,10-12H2,(H,23,25)/t13-,14-/m0/s1. The van der Waals surface area contributed by atoms with Crippen LogP contribution >= 0.6 is 0 Å². The van der Waals surface area contributed by atoms with Crippen molar-refractivity contribution in [1.82, 2.24) is 5.32 Å². The second-order valence-electron chi connectivity index (χ2n) is 7.23. The second kappa shape index (κ2) is 8.02. The van der Waals surface area contributed by atoms with Crippen LogP contribution in [0.25, 0.3) is 0 Å². The molecule has 0 aromatic heterocycles. The molecule has 6 nitrogen and oxygen atoms in total. The molecule has 2 aliphatic rings. The molecule has 1 aliphatic heterocycles. The van der Waals surface area contributed by atoms with E-state index in [4.69, 9.17) is 15.1 Å². The minimum atomic E-state index is -0.557. The third kappa shape index (κ3) is 4.32. The maximum absolute atomic E-state index is 13.6. The highest BCUT2D eigenvalue weighted by atomic mass is 19.1. The van der Waals surface area contributed by atoms with E-state index in [1.54, 1.807) is 12.1 Å². The molecule has 1 saturated heterocycles. The predicted molar refractivity (Wildman–Crippen MR) is 93.8 cm³/mol. The Kier molecular flexibility index (Phi) is 5.74. The van der Waals surface area contributed by atoms with E-state index in [2.05, 4.69) is 10.6 Å². The maximum Gasteiger partial charge on any atom is 0.225 e. The van der Waals surface area contributed by atoms with Crippen LogP contribution in [0.2, 0.25) is 0 Å². The van der Waals surface area contributed by atoms with Crippen molar-refractivity contribution in [3.8, 4) is 6.07 Å². The van der Waals surface area contributed by atoms with E-state index in [-0.39, 0.29) is 35.5 Å². The van der Waals surface area contributed by atoms with Crippen molar-refractivity contribution in [2.24, 2.45) is 11.3 Å². The summed E-state index contributed by atoms with van der Waals surface area (Å²) in [5, 5.41) is 24.2. The zero-order valence-corrected chi connectivity index (χ0v) is 14.6. The fraction of sp³-hybridized carbons (Fsp3) is 0.579. The number of nitrogens with zero attached hydrogens (tertiary/aromatic N) is 1. The Labute approximate surface area is 152 Å². The summed E-state index contributed by atoms with van der Waals surface area (Å²) in [6.45, 7) is 1.54. The van der Waals surface area contributed by atoms with Crippen molar-refractivity contribution in [1.29, 1.82) is 5.26 Å². The van der Waals surface area contributed by atoms with Crippen LogP contribution in [0, 0.1) is 28.5 Å². The normalized spacial score (nSPS) is 23.3. The van der Waals surface area contributed by atoms with Gasteiger partial charge in [0.1, 0.15) is 17.4 Å². The summed E-state index contributed by atoms with van der Waals surface area (Å²) in [5.41, 5.74) is 0.512. The number of rotatable bonds is 8. The van der Waals surface area contributed by atoms with Crippen LogP contribution in [-0.4, -0.2) is 43.4 Å². The number of anilines is 1. The topological polar surface area (TPSA) is 94.4 Å². The number of benzene rings is 1. The molecule has 1 aromatic rings. The Balaban J connectivity index is 1.45. The van der Waals surface area contributed by atoms with Crippen molar-refractivity contribution in [3.05, 3.63) is 29.6 Å². The van der Waals surface area contributed by atoms with Crippen molar-refractivity contribution in [2.45, 2.75) is 31.8 Å². The molecule has 3 rings (SSSR count). The van der Waals surface area contributed by atoms with Crippen LogP contribution in [0.4, 0.5) is 10.1 Å². The molecule has 7 heteroatoms. The molecule has 0 radical (unpaired) electrons. The monoisotopic (exact) mass is 361 g/mol. The van der Waals surface area contributed by atoms with E-state index >= 15 is 0 Å². The molecule has 3 N–H and O–H groups in total. The molecule has 1 aliphatic carbocycles. The summed E-state index contributed by atoms with van der Waals surface area (Å²) in [6.07, 6.45) is 3.26. The maximum atomic E-state index is 13.6. The van der Waals surface area contributed by atoms with Crippen LogP contribution in [0.1, 0.15) is 31.2 Å². The lowest BCUT2D eigenvalue weighted by molar-refractivity contribution is -0.125. The first-order valence-corrected chi connectivity index (χ1v) is 8.99. The number of hydrogen-bond donors (Lipinski definition) is 3. The molecule has 0 bridgehead atoms. The number of nitriles is 1. The van der Waals surface area contributed by atoms with E-state index in [0.717, 1.165) is 19.3 Å². The Hall–Kier alpha value is -2.17. The fourth-order valence-corrected chi connectivity index (χ4v) is 3.39. The fourth-order valence-electron chi connectivity index (χ4n) is 3.39. The van der Waals surface area contributed by atoms with Gasteiger partial charge in [-0.3, -0.25) is 4.79 Å². The molecule has 0 spiro atoms. The first-order valence-electron chi connectivity index (χ1n) is 8.99. The van der Waals surface area contributed by atoms with Gasteiger partial charge in [0.25, 0.3) is 0 Å². The molecule has 2 atom stereocenters. The number of carbonyl (C=O) groups excluding carboxylic acids is 1. The van der Waals surface area contributed by atoms with Crippen molar-refractivity contribution in [3.63, 3.8) is 0 Å². The quantitative estimate of drug-likeness (QED) is 0.656. The number of aliphatic hydroxyl groups is 1. The summed E-state index contributed by atoms with van der Waals surface area (Å²) in [7, 11) is 0. The zero-order chi connectivity index (χ0) is 18.6. The van der Waals surface area contributed by atoms with Gasteiger partial charge in [-0.2, -0.15) is 5.26 Å². The second-order valence-corrected chi connectivity index (χ2v) is 7.23. The van der Waals surface area contributed by atoms with Crippen LogP contribution in [0.3, 0.4) is 0 Å². The first-order chi connectivity index (χ1) is 12.6. The van der Waals surface area contributed by atoms with E-state index in [9.17, 15) is 9.18 Å². The number of amides is 1. The minimum absolute atomic E-state index is 0.0137. The average molecular weight is 361 g/mol. The molecule has 1 saturated carbocycles. The lowest BCUT2D eigenvalue weighted by atomic mass is 10.0. The first kappa shape index (κ1) is 18.6. The van der Waals surface area contributed by atoms with Crippen molar-refractivity contribution >= 4 is 11.6 Å². The van der Waals surface area contributed by atoms with Gasteiger partial charge in [-0.1, -0.05) is 6.07 Å². The molecule has 1 aromatic carbocycles. The van der Waals surface area contributed by atoms with Gasteiger partial charge in [0.2, 0.25) is 5.91 Å². The Morgan fingerprint density at radius 2 is 2.27 bits per heavy atom. The third-order valence-electron chi connectivity index (χ3n) is 5.33. The highest BCUT2D eigenvalue weighted by molar-refractivity contribution is 5.79. The van der Waals surface area contributed by atoms with E-state index in [1.807, 2.05) is 6.07 Å². The van der Waals surface area contributed by atoms with Gasteiger partial charge in [0.05, 0.1) is 24.3 Å². The van der Waals surface area contributed by atoms with Gasteiger partial charge < -0.3 is 20.5 Å². The Morgan fingerprint density at radius 3 is 2.96 bits per heavy atom. The minimum Gasteiger partial charge on any atom is -0.396 e. The van der Waals surface area contributed by atoms with Crippen LogP contribution in [-0.2, 0) is 9.53 Å². The average Bonchev–Trinajstić information content (AvgIpc) is 3.23. The molecule has 2 fully saturated rings. The number of nitrogens with one attached hydrogen (secondary N) is 2. The number of ether oxygens (including phenoxy) is 1. The van der Waals surface area contributed by atoms with Gasteiger partial charge in [0.15, 0.2) is 0 Å². The highest BCUT2D eigenvalue weighted by Crippen LogP contribution is 2.47. The zero-order valence-electron chi connectivity index (χ0n) is 14.6. The van der Waals surface area contributed by atoms with Gasteiger partial charge >= 0.3 is 0 Å². The molecule has 140 valence electrons. The van der Waals surface area contributed by atoms with Crippen LogP contribution < -0.4 is 10.6 Å². The molecule has 1 heterocycles. The largest absolute Gasteiger partial charge is 0.396 e.